The van der Waals surface area contributed by atoms with Crippen LogP contribution in [0.5, 0.6) is 11.5 Å². The Morgan fingerprint density at radius 1 is 1.44 bits per heavy atom. The summed E-state index contributed by atoms with van der Waals surface area (Å²) in [4.78, 5) is 0. The van der Waals surface area contributed by atoms with Gasteiger partial charge >= 0.3 is 0 Å². The first-order valence-electron chi connectivity index (χ1n) is 5.44. The number of ether oxygens (including phenoxy) is 1. The van der Waals surface area contributed by atoms with Crippen LogP contribution < -0.4 is 4.74 Å². The van der Waals surface area contributed by atoms with Crippen molar-refractivity contribution in [1.29, 1.82) is 0 Å². The molecule has 88 valence electrons. The first kappa shape index (κ1) is 11.6. The van der Waals surface area contributed by atoms with Crippen LogP contribution in [0.1, 0.15) is 6.42 Å². The van der Waals surface area contributed by atoms with Crippen molar-refractivity contribution in [3.05, 3.63) is 24.3 Å². The molecule has 2 atom stereocenters. The zero-order chi connectivity index (χ0) is 11.4. The average Bonchev–Trinajstić information content (AvgIpc) is 2.81. The van der Waals surface area contributed by atoms with Crippen molar-refractivity contribution in [2.45, 2.75) is 12.5 Å². The summed E-state index contributed by atoms with van der Waals surface area (Å²) in [5, 5.41) is 19.4. The van der Waals surface area contributed by atoms with E-state index in [1.807, 2.05) is 11.8 Å². The summed E-state index contributed by atoms with van der Waals surface area (Å²) in [6.45, 7) is 0.253. The highest BCUT2D eigenvalue weighted by atomic mass is 32.2. The first-order valence-corrected chi connectivity index (χ1v) is 6.59. The summed E-state index contributed by atoms with van der Waals surface area (Å²) >= 11 is 1.87. The van der Waals surface area contributed by atoms with Gasteiger partial charge in [0.15, 0.2) is 11.5 Å². The number of rotatable bonds is 4. The van der Waals surface area contributed by atoms with E-state index in [9.17, 15) is 10.2 Å². The molecule has 2 N–H and O–H groups in total. The van der Waals surface area contributed by atoms with Crippen molar-refractivity contribution < 1.29 is 14.9 Å². The number of para-hydroxylation sites is 2. The normalized spacial score (nSPS) is 21.9. The molecule has 0 amide bonds. The SMILES string of the molecule is Oc1ccccc1OCC(O)C1CCSC1. The molecule has 1 aromatic carbocycles. The Balaban J connectivity index is 1.84. The molecule has 2 rings (SSSR count). The van der Waals surface area contributed by atoms with E-state index in [0.29, 0.717) is 11.7 Å². The summed E-state index contributed by atoms with van der Waals surface area (Å²) < 4.78 is 5.40. The van der Waals surface area contributed by atoms with Crippen LogP contribution in [-0.4, -0.2) is 34.4 Å². The Kier molecular flexibility index (Phi) is 3.96. The van der Waals surface area contributed by atoms with Gasteiger partial charge in [-0.05, 0) is 36.0 Å². The third-order valence-electron chi connectivity index (χ3n) is 2.78. The molecule has 0 radical (unpaired) electrons. The van der Waals surface area contributed by atoms with E-state index in [0.717, 1.165) is 17.9 Å². The van der Waals surface area contributed by atoms with Crippen molar-refractivity contribution in [3.8, 4) is 11.5 Å². The van der Waals surface area contributed by atoms with Gasteiger partial charge < -0.3 is 14.9 Å². The minimum atomic E-state index is -0.436. The van der Waals surface area contributed by atoms with Crippen LogP contribution in [0.4, 0.5) is 0 Å². The molecule has 1 fully saturated rings. The number of aliphatic hydroxyl groups excluding tert-OH is 1. The second-order valence-electron chi connectivity index (χ2n) is 3.97. The number of hydrogen-bond donors (Lipinski definition) is 2. The van der Waals surface area contributed by atoms with Crippen molar-refractivity contribution >= 4 is 11.8 Å². The second kappa shape index (κ2) is 5.46. The molecule has 0 saturated carbocycles. The highest BCUT2D eigenvalue weighted by Crippen LogP contribution is 2.28. The van der Waals surface area contributed by atoms with Crippen molar-refractivity contribution in [3.63, 3.8) is 0 Å². The number of aromatic hydroxyl groups is 1. The van der Waals surface area contributed by atoms with Gasteiger partial charge in [-0.25, -0.2) is 0 Å². The van der Waals surface area contributed by atoms with Crippen molar-refractivity contribution in [2.75, 3.05) is 18.1 Å². The zero-order valence-corrected chi connectivity index (χ0v) is 9.82. The highest BCUT2D eigenvalue weighted by Gasteiger charge is 2.24. The van der Waals surface area contributed by atoms with E-state index in [1.165, 1.54) is 0 Å². The smallest absolute Gasteiger partial charge is 0.161 e. The molecule has 0 spiro atoms. The fourth-order valence-corrected chi connectivity index (χ4v) is 3.07. The Labute approximate surface area is 99.4 Å². The molecule has 0 aliphatic carbocycles. The Morgan fingerprint density at radius 3 is 2.94 bits per heavy atom. The van der Waals surface area contributed by atoms with Crippen LogP contribution in [0.2, 0.25) is 0 Å². The van der Waals surface area contributed by atoms with E-state index in [-0.39, 0.29) is 12.4 Å². The van der Waals surface area contributed by atoms with E-state index in [2.05, 4.69) is 0 Å². The van der Waals surface area contributed by atoms with Crippen LogP contribution in [0.15, 0.2) is 24.3 Å². The minimum absolute atomic E-state index is 0.121. The Hall–Kier alpha value is -0.870. The Morgan fingerprint density at radius 2 is 2.25 bits per heavy atom. The third kappa shape index (κ3) is 2.83. The van der Waals surface area contributed by atoms with Gasteiger partial charge in [0, 0.05) is 0 Å². The second-order valence-corrected chi connectivity index (χ2v) is 5.12. The molecule has 1 aliphatic rings. The van der Waals surface area contributed by atoms with Gasteiger partial charge in [-0.3, -0.25) is 0 Å². The molecule has 1 aliphatic heterocycles. The quantitative estimate of drug-likeness (QED) is 0.843. The summed E-state index contributed by atoms with van der Waals surface area (Å²) in [6.07, 6.45) is 0.616. The lowest BCUT2D eigenvalue weighted by molar-refractivity contribution is 0.0652. The van der Waals surface area contributed by atoms with Gasteiger partial charge in [0.2, 0.25) is 0 Å². The lowest BCUT2D eigenvalue weighted by Crippen LogP contribution is -2.27. The van der Waals surface area contributed by atoms with Gasteiger partial charge in [-0.2, -0.15) is 11.8 Å². The molecule has 1 heterocycles. The first-order chi connectivity index (χ1) is 7.77. The molecule has 1 aromatic rings. The van der Waals surface area contributed by atoms with Gasteiger partial charge in [0.25, 0.3) is 0 Å². The monoisotopic (exact) mass is 240 g/mol. The lowest BCUT2D eigenvalue weighted by atomic mass is 10.0. The zero-order valence-electron chi connectivity index (χ0n) is 9.00. The number of hydrogen-bond acceptors (Lipinski definition) is 4. The van der Waals surface area contributed by atoms with Crippen LogP contribution >= 0.6 is 11.8 Å². The number of phenols is 1. The summed E-state index contributed by atoms with van der Waals surface area (Å²) in [7, 11) is 0. The Bertz CT molecular complexity index is 337. The predicted octanol–water partition coefficient (Wildman–Crippen LogP) is 1.88. The van der Waals surface area contributed by atoms with Gasteiger partial charge in [-0.1, -0.05) is 12.1 Å². The molecule has 3 nitrogen and oxygen atoms in total. The highest BCUT2D eigenvalue weighted by molar-refractivity contribution is 7.99. The molecule has 0 aromatic heterocycles. The topological polar surface area (TPSA) is 49.7 Å². The van der Waals surface area contributed by atoms with E-state index < -0.39 is 6.10 Å². The maximum atomic E-state index is 9.88. The van der Waals surface area contributed by atoms with Crippen molar-refractivity contribution in [1.82, 2.24) is 0 Å². The average molecular weight is 240 g/mol. The fraction of sp³-hybridized carbons (Fsp3) is 0.500. The van der Waals surface area contributed by atoms with Gasteiger partial charge in [0.05, 0.1) is 6.10 Å². The van der Waals surface area contributed by atoms with Crippen LogP contribution in [0.25, 0.3) is 0 Å². The largest absolute Gasteiger partial charge is 0.504 e. The van der Waals surface area contributed by atoms with Crippen LogP contribution in [-0.2, 0) is 0 Å². The summed E-state index contributed by atoms with van der Waals surface area (Å²) in [5.74, 6) is 3.02. The summed E-state index contributed by atoms with van der Waals surface area (Å²) in [6, 6.07) is 6.82. The van der Waals surface area contributed by atoms with Gasteiger partial charge in [0.1, 0.15) is 6.61 Å². The van der Waals surface area contributed by atoms with E-state index >= 15 is 0 Å². The number of phenolic OH excluding ortho intramolecular Hbond substituents is 1. The van der Waals surface area contributed by atoms with Crippen LogP contribution in [0, 0.1) is 5.92 Å². The number of benzene rings is 1. The standard InChI is InChI=1S/C12H16O3S/c13-10-3-1-2-4-12(10)15-7-11(14)9-5-6-16-8-9/h1-4,9,11,13-14H,5-8H2. The van der Waals surface area contributed by atoms with Gasteiger partial charge in [-0.15, -0.1) is 0 Å². The molecule has 1 saturated heterocycles. The molecule has 4 heteroatoms. The molecule has 0 bridgehead atoms. The predicted molar refractivity (Wildman–Crippen MR) is 65.0 cm³/mol. The van der Waals surface area contributed by atoms with E-state index in [4.69, 9.17) is 4.74 Å². The molecule has 16 heavy (non-hydrogen) atoms. The minimum Gasteiger partial charge on any atom is -0.504 e. The number of thioether (sulfide) groups is 1. The van der Waals surface area contributed by atoms with E-state index in [1.54, 1.807) is 24.3 Å². The molecule has 2 unspecified atom stereocenters. The maximum Gasteiger partial charge on any atom is 0.161 e. The molecular formula is C12H16O3S. The molecular weight excluding hydrogens is 224 g/mol. The summed E-state index contributed by atoms with van der Waals surface area (Å²) in [5.41, 5.74) is 0. The maximum absolute atomic E-state index is 9.88. The van der Waals surface area contributed by atoms with Crippen LogP contribution in [0.3, 0.4) is 0 Å². The lowest BCUT2D eigenvalue weighted by Gasteiger charge is -2.17. The third-order valence-corrected chi connectivity index (χ3v) is 3.97. The fourth-order valence-electron chi connectivity index (χ4n) is 1.75. The van der Waals surface area contributed by atoms with Crippen molar-refractivity contribution in [2.24, 2.45) is 5.92 Å². The number of aliphatic hydroxyl groups is 1.